The van der Waals surface area contributed by atoms with E-state index in [0.29, 0.717) is 5.56 Å². The third-order valence-corrected chi connectivity index (χ3v) is 1.45. The molecular weight excluding hydrogens is 148 g/mol. The van der Waals surface area contributed by atoms with Crippen molar-refractivity contribution in [3.63, 3.8) is 0 Å². The fourth-order valence-electron chi connectivity index (χ4n) is 0.871. The van der Waals surface area contributed by atoms with E-state index in [0.717, 1.165) is 6.07 Å². The van der Waals surface area contributed by atoms with Gasteiger partial charge in [0, 0.05) is 17.7 Å². The van der Waals surface area contributed by atoms with Crippen LogP contribution >= 0.6 is 0 Å². The van der Waals surface area contributed by atoms with Crippen molar-refractivity contribution in [3.8, 4) is 0 Å². The highest BCUT2D eigenvalue weighted by Crippen LogP contribution is 2.14. The summed E-state index contributed by atoms with van der Waals surface area (Å²) in [6.45, 7) is 1.65. The summed E-state index contributed by atoms with van der Waals surface area (Å²) in [5.74, 6) is -1.16. The lowest BCUT2D eigenvalue weighted by Gasteiger charge is -2.05. The lowest BCUT2D eigenvalue weighted by atomic mass is 10.1. The van der Waals surface area contributed by atoms with Gasteiger partial charge < -0.3 is 5.73 Å². The van der Waals surface area contributed by atoms with E-state index in [4.69, 9.17) is 5.73 Å². The molecule has 0 saturated heterocycles. The van der Waals surface area contributed by atoms with Crippen LogP contribution < -0.4 is 5.73 Å². The molecule has 60 valence electrons. The summed E-state index contributed by atoms with van der Waals surface area (Å²) in [6, 6.07) is 2.99. The first kappa shape index (κ1) is 8.14. The van der Waals surface area contributed by atoms with Crippen molar-refractivity contribution in [2.24, 2.45) is 5.73 Å². The Bertz CT molecular complexity index is 258. The van der Waals surface area contributed by atoms with Crippen LogP contribution in [-0.4, -0.2) is 0 Å². The molecule has 1 aromatic carbocycles. The van der Waals surface area contributed by atoms with E-state index in [1.807, 2.05) is 0 Å². The Morgan fingerprint density at radius 2 is 2.00 bits per heavy atom. The van der Waals surface area contributed by atoms with Gasteiger partial charge in [0.25, 0.3) is 0 Å². The van der Waals surface area contributed by atoms with Crippen LogP contribution in [0.25, 0.3) is 0 Å². The zero-order valence-corrected chi connectivity index (χ0v) is 6.14. The van der Waals surface area contributed by atoms with Crippen LogP contribution in [0.4, 0.5) is 8.78 Å². The van der Waals surface area contributed by atoms with Crippen molar-refractivity contribution in [1.82, 2.24) is 0 Å². The van der Waals surface area contributed by atoms with Gasteiger partial charge in [-0.3, -0.25) is 0 Å². The van der Waals surface area contributed by atoms with Gasteiger partial charge in [-0.1, -0.05) is 6.07 Å². The molecular formula is C8H9F2N. The Balaban J connectivity index is 3.09. The van der Waals surface area contributed by atoms with Gasteiger partial charge in [-0.25, -0.2) is 8.78 Å². The molecule has 0 radical (unpaired) electrons. The summed E-state index contributed by atoms with van der Waals surface area (Å²) >= 11 is 0. The zero-order chi connectivity index (χ0) is 8.43. The van der Waals surface area contributed by atoms with Gasteiger partial charge in [0.15, 0.2) is 0 Å². The molecule has 0 unspecified atom stereocenters. The Morgan fingerprint density at radius 1 is 1.36 bits per heavy atom. The highest BCUT2D eigenvalue weighted by molar-refractivity contribution is 5.20. The molecule has 3 heteroatoms. The highest BCUT2D eigenvalue weighted by Gasteiger charge is 2.06. The van der Waals surface area contributed by atoms with Crippen molar-refractivity contribution in [2.75, 3.05) is 0 Å². The second-order valence-corrected chi connectivity index (χ2v) is 2.45. The minimum atomic E-state index is -0.583. The lowest BCUT2D eigenvalue weighted by molar-refractivity contribution is 0.562. The maximum Gasteiger partial charge on any atom is 0.130 e. The predicted molar refractivity (Wildman–Crippen MR) is 39.0 cm³/mol. The molecule has 0 aliphatic heterocycles. The number of halogens is 2. The standard InChI is InChI=1S/C8H9F2N/c1-5(11)7-3-2-6(9)4-8(7)10/h2-5H,11H2,1H3/t5-/m1/s1. The molecule has 0 spiro atoms. The average Bonchev–Trinajstić information content (AvgIpc) is 1.85. The average molecular weight is 157 g/mol. The number of rotatable bonds is 1. The fraction of sp³-hybridized carbons (Fsp3) is 0.250. The Kier molecular flexibility index (Phi) is 2.19. The lowest BCUT2D eigenvalue weighted by Crippen LogP contribution is -2.07. The smallest absolute Gasteiger partial charge is 0.130 e. The van der Waals surface area contributed by atoms with E-state index in [-0.39, 0.29) is 0 Å². The van der Waals surface area contributed by atoms with E-state index in [2.05, 4.69) is 0 Å². The predicted octanol–water partition coefficient (Wildman–Crippen LogP) is 1.98. The molecule has 11 heavy (non-hydrogen) atoms. The molecule has 0 bridgehead atoms. The topological polar surface area (TPSA) is 26.0 Å². The molecule has 1 nitrogen and oxygen atoms in total. The molecule has 0 fully saturated rings. The van der Waals surface area contributed by atoms with Gasteiger partial charge in [-0.05, 0) is 13.0 Å². The summed E-state index contributed by atoms with van der Waals surface area (Å²) in [6.07, 6.45) is 0. The summed E-state index contributed by atoms with van der Waals surface area (Å²) < 4.78 is 25.1. The van der Waals surface area contributed by atoms with Crippen molar-refractivity contribution in [1.29, 1.82) is 0 Å². The maximum absolute atomic E-state index is 12.8. The third kappa shape index (κ3) is 1.74. The second-order valence-electron chi connectivity index (χ2n) is 2.45. The SMILES string of the molecule is C[C@@H](N)c1ccc(F)cc1F. The first-order valence-electron chi connectivity index (χ1n) is 3.32. The van der Waals surface area contributed by atoms with Gasteiger partial charge in [-0.15, -0.1) is 0 Å². The third-order valence-electron chi connectivity index (χ3n) is 1.45. The Morgan fingerprint density at radius 3 is 2.45 bits per heavy atom. The first-order chi connectivity index (χ1) is 5.11. The highest BCUT2D eigenvalue weighted by atomic mass is 19.1. The Hall–Kier alpha value is -0.960. The molecule has 1 rings (SSSR count). The van der Waals surface area contributed by atoms with Crippen LogP contribution in [0.15, 0.2) is 18.2 Å². The van der Waals surface area contributed by atoms with Crippen molar-refractivity contribution in [2.45, 2.75) is 13.0 Å². The zero-order valence-electron chi connectivity index (χ0n) is 6.14. The Labute approximate surface area is 63.8 Å². The minimum Gasteiger partial charge on any atom is -0.324 e. The number of hydrogen-bond acceptors (Lipinski definition) is 1. The second kappa shape index (κ2) is 2.96. The molecule has 1 aromatic rings. The number of hydrogen-bond donors (Lipinski definition) is 1. The molecule has 0 heterocycles. The largest absolute Gasteiger partial charge is 0.324 e. The first-order valence-corrected chi connectivity index (χ1v) is 3.32. The maximum atomic E-state index is 12.8. The van der Waals surface area contributed by atoms with E-state index in [1.54, 1.807) is 6.92 Å². The van der Waals surface area contributed by atoms with Crippen molar-refractivity contribution >= 4 is 0 Å². The normalized spacial score (nSPS) is 13.1. The van der Waals surface area contributed by atoms with Crippen molar-refractivity contribution < 1.29 is 8.78 Å². The van der Waals surface area contributed by atoms with Crippen LogP contribution in [0.5, 0.6) is 0 Å². The van der Waals surface area contributed by atoms with Crippen LogP contribution in [0, 0.1) is 11.6 Å². The van der Waals surface area contributed by atoms with Crippen LogP contribution in [-0.2, 0) is 0 Å². The summed E-state index contributed by atoms with van der Waals surface area (Å²) in [4.78, 5) is 0. The molecule has 0 aliphatic carbocycles. The number of benzene rings is 1. The van der Waals surface area contributed by atoms with Crippen LogP contribution in [0.3, 0.4) is 0 Å². The van der Waals surface area contributed by atoms with Gasteiger partial charge >= 0.3 is 0 Å². The summed E-state index contributed by atoms with van der Waals surface area (Å²) in [5.41, 5.74) is 5.74. The molecule has 0 aromatic heterocycles. The van der Waals surface area contributed by atoms with E-state index in [9.17, 15) is 8.78 Å². The molecule has 0 saturated carbocycles. The minimum absolute atomic E-state index is 0.339. The summed E-state index contributed by atoms with van der Waals surface area (Å²) in [7, 11) is 0. The van der Waals surface area contributed by atoms with E-state index < -0.39 is 17.7 Å². The molecule has 2 N–H and O–H groups in total. The fourth-order valence-corrected chi connectivity index (χ4v) is 0.871. The quantitative estimate of drug-likeness (QED) is 0.662. The van der Waals surface area contributed by atoms with Gasteiger partial charge in [0.2, 0.25) is 0 Å². The van der Waals surface area contributed by atoms with Crippen molar-refractivity contribution in [3.05, 3.63) is 35.4 Å². The molecule has 1 atom stereocenters. The van der Waals surface area contributed by atoms with Gasteiger partial charge in [0.1, 0.15) is 11.6 Å². The monoisotopic (exact) mass is 157 g/mol. The van der Waals surface area contributed by atoms with Gasteiger partial charge in [-0.2, -0.15) is 0 Å². The van der Waals surface area contributed by atoms with Crippen LogP contribution in [0.2, 0.25) is 0 Å². The number of nitrogens with two attached hydrogens (primary N) is 1. The van der Waals surface area contributed by atoms with E-state index >= 15 is 0 Å². The van der Waals surface area contributed by atoms with E-state index in [1.165, 1.54) is 12.1 Å². The summed E-state index contributed by atoms with van der Waals surface area (Å²) in [5, 5.41) is 0. The van der Waals surface area contributed by atoms with Crippen LogP contribution in [0.1, 0.15) is 18.5 Å². The molecule has 0 amide bonds. The van der Waals surface area contributed by atoms with Gasteiger partial charge in [0.05, 0.1) is 0 Å². The molecule has 0 aliphatic rings.